The van der Waals surface area contributed by atoms with Crippen molar-refractivity contribution < 1.29 is 9.18 Å². The van der Waals surface area contributed by atoms with Gasteiger partial charge < -0.3 is 14.4 Å². The van der Waals surface area contributed by atoms with Gasteiger partial charge in [-0.05, 0) is 43.0 Å². The summed E-state index contributed by atoms with van der Waals surface area (Å²) in [6.45, 7) is 2.61. The number of hydrogen-bond donors (Lipinski definition) is 0. The van der Waals surface area contributed by atoms with Gasteiger partial charge in [0.05, 0.1) is 11.6 Å². The number of carbonyl (C=O) groups is 1. The monoisotopic (exact) mass is 416 g/mol. The summed E-state index contributed by atoms with van der Waals surface area (Å²) < 4.78 is 15.2. The van der Waals surface area contributed by atoms with Crippen molar-refractivity contribution >= 4 is 23.3 Å². The number of halogens is 2. The molecule has 8 heteroatoms. The Kier molecular flexibility index (Phi) is 4.57. The summed E-state index contributed by atoms with van der Waals surface area (Å²) in [5.41, 5.74) is 0.868. The fraction of sp³-hybridized carbons (Fsp3) is 0.476. The van der Waals surface area contributed by atoms with Crippen LogP contribution < -0.4 is 10.5 Å². The number of hydrogen-bond acceptors (Lipinski definition) is 4. The fourth-order valence-electron chi connectivity index (χ4n) is 4.92. The van der Waals surface area contributed by atoms with E-state index in [1.54, 1.807) is 16.8 Å². The summed E-state index contributed by atoms with van der Waals surface area (Å²) in [5.74, 6) is 1.05. The molecule has 2 aromatic heterocycles. The number of aromatic nitrogens is 2. The van der Waals surface area contributed by atoms with Crippen LogP contribution in [0, 0.1) is 5.92 Å². The normalized spacial score (nSPS) is 25.8. The fourth-order valence-corrected chi connectivity index (χ4v) is 5.03. The average molecular weight is 417 g/mol. The molecule has 2 bridgehead atoms. The van der Waals surface area contributed by atoms with Gasteiger partial charge in [-0.2, -0.15) is 0 Å². The van der Waals surface area contributed by atoms with Gasteiger partial charge in [0.25, 0.3) is 11.5 Å². The number of piperidine rings is 1. The van der Waals surface area contributed by atoms with E-state index < -0.39 is 6.17 Å². The number of amides is 1. The van der Waals surface area contributed by atoms with E-state index in [1.807, 2.05) is 18.2 Å². The molecule has 5 rings (SSSR count). The maximum Gasteiger partial charge on any atom is 0.263 e. The predicted octanol–water partition coefficient (Wildman–Crippen LogP) is 2.70. The molecule has 2 aromatic rings. The van der Waals surface area contributed by atoms with Crippen molar-refractivity contribution in [3.05, 3.63) is 57.1 Å². The first-order valence-corrected chi connectivity index (χ1v) is 10.4. The van der Waals surface area contributed by atoms with Crippen molar-refractivity contribution in [2.45, 2.75) is 31.5 Å². The van der Waals surface area contributed by atoms with Gasteiger partial charge in [0.15, 0.2) is 0 Å². The molecule has 3 aliphatic rings. The molecule has 6 nitrogen and oxygen atoms in total. The second kappa shape index (κ2) is 7.13. The van der Waals surface area contributed by atoms with Crippen molar-refractivity contribution in [1.82, 2.24) is 14.5 Å². The van der Waals surface area contributed by atoms with Crippen LogP contribution in [0.1, 0.15) is 34.8 Å². The van der Waals surface area contributed by atoms with Gasteiger partial charge in [-0.1, -0.05) is 11.6 Å². The molecule has 29 heavy (non-hydrogen) atoms. The molecule has 0 N–H and O–H groups in total. The lowest BCUT2D eigenvalue weighted by Gasteiger charge is -2.43. The highest BCUT2D eigenvalue weighted by Crippen LogP contribution is 2.36. The van der Waals surface area contributed by atoms with Gasteiger partial charge in [0.1, 0.15) is 17.6 Å². The summed E-state index contributed by atoms with van der Waals surface area (Å²) in [5, 5.41) is 0.608. The van der Waals surface area contributed by atoms with Crippen molar-refractivity contribution in [1.29, 1.82) is 0 Å². The lowest BCUT2D eigenvalue weighted by molar-refractivity contribution is 0.0779. The van der Waals surface area contributed by atoms with Gasteiger partial charge in [-0.15, -0.1) is 0 Å². The van der Waals surface area contributed by atoms with Crippen molar-refractivity contribution in [2.24, 2.45) is 5.92 Å². The number of alkyl halides is 1. The first-order valence-electron chi connectivity index (χ1n) is 10.0. The zero-order valence-corrected chi connectivity index (χ0v) is 16.7. The van der Waals surface area contributed by atoms with Gasteiger partial charge in [-0.25, -0.2) is 9.37 Å². The van der Waals surface area contributed by atoms with Gasteiger partial charge >= 0.3 is 0 Å². The van der Waals surface area contributed by atoms with Crippen LogP contribution in [0.4, 0.5) is 10.2 Å². The van der Waals surface area contributed by atoms with Crippen LogP contribution in [0.2, 0.25) is 5.02 Å². The van der Waals surface area contributed by atoms with E-state index in [4.69, 9.17) is 11.6 Å². The maximum absolute atomic E-state index is 13.5. The number of likely N-dealkylation sites (tertiary alicyclic amines) is 1. The summed E-state index contributed by atoms with van der Waals surface area (Å²) in [6.07, 6.45) is 2.02. The molecule has 152 valence electrons. The summed E-state index contributed by atoms with van der Waals surface area (Å²) in [6, 6.07) is 7.29. The Morgan fingerprint density at radius 1 is 1.14 bits per heavy atom. The Labute approximate surface area is 172 Å². The SMILES string of the molecule is O=C(c1ccc2n(c1=O)C[C@H]1C[C@@H]2CN(c2ccc(Cl)cn2)C1)N1CC[C@@H](F)C1. The Morgan fingerprint density at radius 2 is 2.00 bits per heavy atom. The van der Waals surface area contributed by atoms with Crippen LogP contribution in [-0.4, -0.2) is 52.7 Å². The van der Waals surface area contributed by atoms with Crippen LogP contribution >= 0.6 is 11.6 Å². The molecule has 0 aliphatic carbocycles. The van der Waals surface area contributed by atoms with Crippen molar-refractivity contribution in [2.75, 3.05) is 31.1 Å². The van der Waals surface area contributed by atoms with Gasteiger partial charge in [0.2, 0.25) is 0 Å². The third-order valence-corrected chi connectivity index (χ3v) is 6.51. The molecule has 0 spiro atoms. The second-order valence-electron chi connectivity index (χ2n) is 8.26. The lowest BCUT2D eigenvalue weighted by atomic mass is 9.83. The van der Waals surface area contributed by atoms with Crippen LogP contribution in [-0.2, 0) is 6.54 Å². The Morgan fingerprint density at radius 3 is 2.72 bits per heavy atom. The molecular weight excluding hydrogens is 395 g/mol. The predicted molar refractivity (Wildman–Crippen MR) is 108 cm³/mol. The third kappa shape index (κ3) is 3.31. The van der Waals surface area contributed by atoms with Crippen molar-refractivity contribution in [3.63, 3.8) is 0 Å². The number of pyridine rings is 2. The van der Waals surface area contributed by atoms with Gasteiger partial charge in [0, 0.05) is 44.0 Å². The zero-order valence-electron chi connectivity index (χ0n) is 15.9. The molecule has 0 unspecified atom stereocenters. The highest BCUT2D eigenvalue weighted by atomic mass is 35.5. The van der Waals surface area contributed by atoms with E-state index in [1.165, 1.54) is 4.90 Å². The zero-order chi connectivity index (χ0) is 20.1. The molecular formula is C21H22ClFN4O2. The number of fused-ring (bicyclic) bond motifs is 4. The van der Waals surface area contributed by atoms with Gasteiger partial charge in [-0.3, -0.25) is 9.59 Å². The molecule has 0 radical (unpaired) electrons. The van der Waals surface area contributed by atoms with Crippen LogP contribution in [0.3, 0.4) is 0 Å². The summed E-state index contributed by atoms with van der Waals surface area (Å²) in [7, 11) is 0. The summed E-state index contributed by atoms with van der Waals surface area (Å²) >= 11 is 5.96. The standard InChI is InChI=1S/C21H22ClFN4O2/c22-15-1-4-19(24-8-15)26-9-13-7-14(11-26)18-3-2-17(21(29)27(18)10-13)20(28)25-6-5-16(23)12-25/h1-4,8,13-14,16H,5-7,9-12H2/t13-,14+,16+/m0/s1. The van der Waals surface area contributed by atoms with E-state index >= 15 is 0 Å². The van der Waals surface area contributed by atoms with E-state index in [2.05, 4.69) is 9.88 Å². The molecule has 5 heterocycles. The topological polar surface area (TPSA) is 58.4 Å². The largest absolute Gasteiger partial charge is 0.356 e. The summed E-state index contributed by atoms with van der Waals surface area (Å²) in [4.78, 5) is 34.0. The minimum absolute atomic E-state index is 0.0777. The number of anilines is 1. The maximum atomic E-state index is 13.5. The van der Waals surface area contributed by atoms with Crippen molar-refractivity contribution in [3.8, 4) is 0 Å². The average Bonchev–Trinajstić information content (AvgIpc) is 3.15. The van der Waals surface area contributed by atoms with Crippen LogP contribution in [0.25, 0.3) is 0 Å². The van der Waals surface area contributed by atoms with E-state index in [0.717, 1.165) is 31.0 Å². The number of carbonyl (C=O) groups excluding carboxylic acids is 1. The molecule has 3 atom stereocenters. The van der Waals surface area contributed by atoms with Crippen LogP contribution in [0.5, 0.6) is 0 Å². The first-order chi connectivity index (χ1) is 14.0. The first kappa shape index (κ1) is 18.6. The van der Waals surface area contributed by atoms with E-state index in [9.17, 15) is 14.0 Å². The van der Waals surface area contributed by atoms with E-state index in [-0.39, 0.29) is 29.5 Å². The highest BCUT2D eigenvalue weighted by Gasteiger charge is 2.36. The second-order valence-corrected chi connectivity index (χ2v) is 8.70. The Hall–Kier alpha value is -2.41. The molecule has 1 amide bonds. The quantitative estimate of drug-likeness (QED) is 0.755. The van der Waals surface area contributed by atoms with Crippen LogP contribution in [0.15, 0.2) is 35.3 Å². The molecule has 2 fully saturated rings. The molecule has 3 aliphatic heterocycles. The molecule has 0 aromatic carbocycles. The Bertz CT molecular complexity index is 1010. The smallest absolute Gasteiger partial charge is 0.263 e. The lowest BCUT2D eigenvalue weighted by Crippen LogP contribution is -2.48. The Balaban J connectivity index is 1.43. The number of rotatable bonds is 2. The minimum atomic E-state index is -0.994. The highest BCUT2D eigenvalue weighted by molar-refractivity contribution is 6.30. The molecule has 2 saturated heterocycles. The van der Waals surface area contributed by atoms with E-state index in [0.29, 0.717) is 30.5 Å². The third-order valence-electron chi connectivity index (χ3n) is 6.29. The minimum Gasteiger partial charge on any atom is -0.356 e. The number of nitrogens with zero attached hydrogens (tertiary/aromatic N) is 4. The molecule has 0 saturated carbocycles.